The van der Waals surface area contributed by atoms with E-state index in [1.165, 1.54) is 5.56 Å². The molecule has 0 bridgehead atoms. The van der Waals surface area contributed by atoms with Crippen molar-refractivity contribution in [2.45, 2.75) is 60.0 Å². The Kier molecular flexibility index (Phi) is 8.07. The number of rotatable bonds is 9. The van der Waals surface area contributed by atoms with E-state index in [1.807, 2.05) is 27.7 Å². The number of aromatic nitrogens is 1. The van der Waals surface area contributed by atoms with E-state index in [1.54, 1.807) is 11.0 Å². The number of hydrogen-bond donors (Lipinski definition) is 1. The standard InChI is InChI=1S/C25H35N3O4/c1-16(2)15-28(9-8-23(29)26-14-20-7-6-10-31-20)25(30)21-13-22(32-27-21)24-18(4)11-17(3)12-19(24)5/h11-13,16,20H,6-10,14-15H2,1-5H3,(H,26,29)/t20-/m1/s1. The Hall–Kier alpha value is -2.67. The first kappa shape index (κ1) is 24.0. The van der Waals surface area contributed by atoms with Gasteiger partial charge in [0, 0.05) is 44.3 Å². The van der Waals surface area contributed by atoms with E-state index in [-0.39, 0.29) is 36.0 Å². The third kappa shape index (κ3) is 6.19. The first-order valence-corrected chi connectivity index (χ1v) is 11.5. The highest BCUT2D eigenvalue weighted by Gasteiger charge is 2.23. The van der Waals surface area contributed by atoms with Crippen molar-refractivity contribution in [3.05, 3.63) is 40.6 Å². The predicted molar refractivity (Wildman–Crippen MR) is 123 cm³/mol. The van der Waals surface area contributed by atoms with Gasteiger partial charge in [0.05, 0.1) is 6.10 Å². The molecule has 0 aliphatic carbocycles. The molecule has 2 amide bonds. The van der Waals surface area contributed by atoms with Crippen molar-refractivity contribution in [1.82, 2.24) is 15.4 Å². The van der Waals surface area contributed by atoms with E-state index in [4.69, 9.17) is 9.26 Å². The van der Waals surface area contributed by atoms with Gasteiger partial charge in [-0.3, -0.25) is 9.59 Å². The van der Waals surface area contributed by atoms with Gasteiger partial charge in [-0.25, -0.2) is 0 Å². The van der Waals surface area contributed by atoms with Crippen molar-refractivity contribution in [3.8, 4) is 11.3 Å². The van der Waals surface area contributed by atoms with Gasteiger partial charge >= 0.3 is 0 Å². The van der Waals surface area contributed by atoms with Crippen molar-refractivity contribution in [2.75, 3.05) is 26.2 Å². The lowest BCUT2D eigenvalue weighted by Gasteiger charge is -2.23. The van der Waals surface area contributed by atoms with Gasteiger partial charge < -0.3 is 19.5 Å². The molecule has 1 aliphatic rings. The number of nitrogens with one attached hydrogen (secondary N) is 1. The Morgan fingerprint density at radius 2 is 1.91 bits per heavy atom. The van der Waals surface area contributed by atoms with Crippen LogP contribution in [0.5, 0.6) is 0 Å². The zero-order chi connectivity index (χ0) is 23.3. The zero-order valence-electron chi connectivity index (χ0n) is 19.9. The fourth-order valence-electron chi connectivity index (χ4n) is 4.30. The topological polar surface area (TPSA) is 84.7 Å². The van der Waals surface area contributed by atoms with Crippen molar-refractivity contribution < 1.29 is 18.8 Å². The zero-order valence-corrected chi connectivity index (χ0v) is 19.9. The van der Waals surface area contributed by atoms with E-state index >= 15 is 0 Å². The van der Waals surface area contributed by atoms with Crippen LogP contribution in [0.15, 0.2) is 22.7 Å². The largest absolute Gasteiger partial charge is 0.376 e. The van der Waals surface area contributed by atoms with E-state index in [9.17, 15) is 9.59 Å². The van der Waals surface area contributed by atoms with Crippen LogP contribution in [-0.4, -0.2) is 54.2 Å². The highest BCUT2D eigenvalue weighted by molar-refractivity contribution is 5.93. The highest BCUT2D eigenvalue weighted by Crippen LogP contribution is 2.29. The van der Waals surface area contributed by atoms with E-state index in [2.05, 4.69) is 29.5 Å². The molecule has 0 spiro atoms. The Balaban J connectivity index is 1.66. The third-order valence-corrected chi connectivity index (χ3v) is 5.69. The van der Waals surface area contributed by atoms with Gasteiger partial charge in [-0.15, -0.1) is 0 Å². The molecule has 1 saturated heterocycles. The van der Waals surface area contributed by atoms with E-state index in [0.29, 0.717) is 25.4 Å². The minimum atomic E-state index is -0.219. The normalized spacial score (nSPS) is 15.9. The molecular formula is C25H35N3O4. The molecule has 1 aromatic carbocycles. The average molecular weight is 442 g/mol. The number of ether oxygens (including phenoxy) is 1. The summed E-state index contributed by atoms with van der Waals surface area (Å²) in [6.45, 7) is 12.4. The lowest BCUT2D eigenvalue weighted by molar-refractivity contribution is -0.121. The predicted octanol–water partition coefficient (Wildman–Crippen LogP) is 4.05. The summed E-state index contributed by atoms with van der Waals surface area (Å²) in [6, 6.07) is 5.89. The van der Waals surface area contributed by atoms with Gasteiger partial charge in [0.25, 0.3) is 5.91 Å². The maximum atomic E-state index is 13.2. The van der Waals surface area contributed by atoms with Crippen LogP contribution in [-0.2, 0) is 9.53 Å². The molecule has 7 nitrogen and oxygen atoms in total. The summed E-state index contributed by atoms with van der Waals surface area (Å²) in [5.41, 5.74) is 4.57. The second kappa shape index (κ2) is 10.8. The molecule has 1 aliphatic heterocycles. The van der Waals surface area contributed by atoms with Crippen LogP contribution in [0, 0.1) is 26.7 Å². The molecule has 3 rings (SSSR count). The number of nitrogens with zero attached hydrogens (tertiary/aromatic N) is 2. The van der Waals surface area contributed by atoms with Crippen molar-refractivity contribution in [3.63, 3.8) is 0 Å². The number of carbonyl (C=O) groups is 2. The molecule has 0 saturated carbocycles. The van der Waals surface area contributed by atoms with Crippen LogP contribution in [0.4, 0.5) is 0 Å². The van der Waals surface area contributed by atoms with Crippen molar-refractivity contribution >= 4 is 11.8 Å². The average Bonchev–Trinajstić information content (AvgIpc) is 3.40. The first-order chi connectivity index (χ1) is 15.2. The molecule has 1 aromatic heterocycles. The van der Waals surface area contributed by atoms with Crippen molar-refractivity contribution in [1.29, 1.82) is 0 Å². The van der Waals surface area contributed by atoms with Gasteiger partial charge in [0.1, 0.15) is 0 Å². The number of aryl methyl sites for hydroxylation is 3. The molecule has 1 N–H and O–H groups in total. The monoisotopic (exact) mass is 441 g/mol. The fourth-order valence-corrected chi connectivity index (χ4v) is 4.30. The van der Waals surface area contributed by atoms with Gasteiger partial charge in [0.2, 0.25) is 5.91 Å². The SMILES string of the molecule is Cc1cc(C)c(-c2cc(C(=O)N(CCC(=O)NC[C@H]3CCCO3)CC(C)C)no2)c(C)c1. The lowest BCUT2D eigenvalue weighted by atomic mass is 9.98. The Morgan fingerprint density at radius 3 is 2.53 bits per heavy atom. The second-order valence-electron chi connectivity index (χ2n) is 9.18. The molecule has 0 radical (unpaired) electrons. The molecule has 1 atom stereocenters. The van der Waals surface area contributed by atoms with Crippen LogP contribution < -0.4 is 5.32 Å². The van der Waals surface area contributed by atoms with Crippen LogP contribution in [0.25, 0.3) is 11.3 Å². The Labute approximate surface area is 190 Å². The van der Waals surface area contributed by atoms with Crippen LogP contribution in [0.3, 0.4) is 0 Å². The van der Waals surface area contributed by atoms with E-state index < -0.39 is 0 Å². The van der Waals surface area contributed by atoms with E-state index in [0.717, 1.165) is 36.1 Å². The lowest BCUT2D eigenvalue weighted by Crippen LogP contribution is -2.39. The van der Waals surface area contributed by atoms with Gasteiger partial charge in [-0.2, -0.15) is 0 Å². The molecule has 2 heterocycles. The minimum Gasteiger partial charge on any atom is -0.376 e. The Bertz CT molecular complexity index is 921. The number of amides is 2. The minimum absolute atomic E-state index is 0.0752. The smallest absolute Gasteiger partial charge is 0.276 e. The maximum absolute atomic E-state index is 13.2. The molecule has 32 heavy (non-hydrogen) atoms. The quantitative estimate of drug-likeness (QED) is 0.635. The van der Waals surface area contributed by atoms with Crippen molar-refractivity contribution in [2.24, 2.45) is 5.92 Å². The molecule has 0 unspecified atom stereocenters. The summed E-state index contributed by atoms with van der Waals surface area (Å²) >= 11 is 0. The molecular weight excluding hydrogens is 406 g/mol. The molecule has 1 fully saturated rings. The summed E-state index contributed by atoms with van der Waals surface area (Å²) in [6.07, 6.45) is 2.37. The summed E-state index contributed by atoms with van der Waals surface area (Å²) in [5.74, 6) is 0.556. The fraction of sp³-hybridized carbons (Fsp3) is 0.560. The third-order valence-electron chi connectivity index (χ3n) is 5.69. The highest BCUT2D eigenvalue weighted by atomic mass is 16.5. The molecule has 7 heteroatoms. The summed E-state index contributed by atoms with van der Waals surface area (Å²) in [4.78, 5) is 27.2. The van der Waals surface area contributed by atoms with Crippen LogP contribution in [0.1, 0.15) is 60.3 Å². The summed E-state index contributed by atoms with van der Waals surface area (Å²) in [5, 5.41) is 6.98. The molecule has 174 valence electrons. The summed E-state index contributed by atoms with van der Waals surface area (Å²) in [7, 11) is 0. The second-order valence-corrected chi connectivity index (χ2v) is 9.18. The maximum Gasteiger partial charge on any atom is 0.276 e. The Morgan fingerprint density at radius 1 is 1.19 bits per heavy atom. The summed E-state index contributed by atoms with van der Waals surface area (Å²) < 4.78 is 11.1. The number of hydrogen-bond acceptors (Lipinski definition) is 5. The number of carbonyl (C=O) groups excluding carboxylic acids is 2. The van der Waals surface area contributed by atoms with Gasteiger partial charge in [-0.1, -0.05) is 36.7 Å². The van der Waals surface area contributed by atoms with Gasteiger partial charge in [-0.05, 0) is 50.7 Å². The first-order valence-electron chi connectivity index (χ1n) is 11.5. The molecule has 2 aromatic rings. The van der Waals surface area contributed by atoms with Crippen LogP contribution in [0.2, 0.25) is 0 Å². The van der Waals surface area contributed by atoms with Crippen LogP contribution >= 0.6 is 0 Å². The number of benzene rings is 1. The van der Waals surface area contributed by atoms with Gasteiger partial charge in [0.15, 0.2) is 11.5 Å².